The van der Waals surface area contributed by atoms with Crippen LogP contribution in [0.15, 0.2) is 60.8 Å². The van der Waals surface area contributed by atoms with Gasteiger partial charge in [0.05, 0.1) is 23.8 Å². The minimum absolute atomic E-state index is 0.269. The Balaban J connectivity index is 1.34. The number of ether oxygens (including phenoxy) is 1. The van der Waals surface area contributed by atoms with Crippen molar-refractivity contribution in [2.75, 3.05) is 6.61 Å². The number of imidazole rings is 1. The molecule has 180 valence electrons. The molecule has 0 amide bonds. The number of hydrogen-bond donors (Lipinski definition) is 0. The van der Waals surface area contributed by atoms with E-state index in [4.69, 9.17) is 9.72 Å². The Labute approximate surface area is 206 Å². The normalized spacial score (nSPS) is 26.4. The van der Waals surface area contributed by atoms with Crippen molar-refractivity contribution in [2.24, 2.45) is 11.8 Å². The fourth-order valence-electron chi connectivity index (χ4n) is 5.52. The van der Waals surface area contributed by atoms with Gasteiger partial charge in [0.25, 0.3) is 0 Å². The summed E-state index contributed by atoms with van der Waals surface area (Å²) in [6.07, 6.45) is 10.1. The fraction of sp³-hybridized carbons (Fsp3) is 0.467. The predicted octanol–water partition coefficient (Wildman–Crippen LogP) is 6.76. The van der Waals surface area contributed by atoms with Crippen LogP contribution < -0.4 is 0 Å². The van der Waals surface area contributed by atoms with Gasteiger partial charge in [-0.05, 0) is 80.9 Å². The number of hydrogen-bond acceptors (Lipinski definition) is 3. The average molecular weight is 470 g/mol. The van der Waals surface area contributed by atoms with Crippen molar-refractivity contribution in [3.8, 4) is 17.5 Å². The maximum absolute atomic E-state index is 13.6. The zero-order valence-corrected chi connectivity index (χ0v) is 20.1. The minimum Gasteiger partial charge on any atom is -0.368 e. The van der Waals surface area contributed by atoms with E-state index in [-0.39, 0.29) is 5.82 Å². The minimum atomic E-state index is -0.612. The first kappa shape index (κ1) is 22.5. The van der Waals surface area contributed by atoms with Gasteiger partial charge in [-0.15, -0.1) is 0 Å². The molecule has 3 fully saturated rings. The van der Waals surface area contributed by atoms with Crippen LogP contribution in [0.2, 0.25) is 0 Å². The summed E-state index contributed by atoms with van der Waals surface area (Å²) < 4.78 is 22.7. The molecule has 1 heterocycles. The van der Waals surface area contributed by atoms with Crippen LogP contribution in [-0.2, 0) is 22.3 Å². The van der Waals surface area contributed by atoms with E-state index in [1.165, 1.54) is 37.8 Å². The van der Waals surface area contributed by atoms with Crippen LogP contribution in [0.4, 0.5) is 4.39 Å². The third-order valence-electron chi connectivity index (χ3n) is 8.24. The second kappa shape index (κ2) is 8.91. The number of aromatic nitrogens is 2. The van der Waals surface area contributed by atoms with Crippen molar-refractivity contribution in [1.29, 1.82) is 5.26 Å². The van der Waals surface area contributed by atoms with Crippen molar-refractivity contribution in [1.82, 2.24) is 9.55 Å². The molecule has 0 radical (unpaired) electrons. The standard InChI is InChI=1S/C30H32FN3O/c31-26-12-10-25(11-13-26)29(21-32)14-16-30(17-15-29,35-20-23-8-9-23)27-19-34(18-22-6-7-22)28(33-27)24-4-2-1-3-5-24/h1-5,10-13,19,22-23H,6-9,14-18,20H2/t29-,30+. The Bertz CT molecular complexity index is 1210. The SMILES string of the molecule is N#C[C@]1(c2ccc(F)cc2)CC[C@](OCC2CC2)(c2cn(CC3CC3)c(-c3ccccc3)n2)CC1. The maximum atomic E-state index is 13.6. The smallest absolute Gasteiger partial charge is 0.140 e. The second-order valence-corrected chi connectivity index (χ2v) is 10.9. The number of halogens is 1. The highest BCUT2D eigenvalue weighted by atomic mass is 19.1. The predicted molar refractivity (Wildman–Crippen MR) is 133 cm³/mol. The first-order valence-corrected chi connectivity index (χ1v) is 13.0. The van der Waals surface area contributed by atoms with Crippen molar-refractivity contribution in [3.63, 3.8) is 0 Å². The van der Waals surface area contributed by atoms with Crippen LogP contribution >= 0.6 is 0 Å². The van der Waals surface area contributed by atoms with E-state index >= 15 is 0 Å². The summed E-state index contributed by atoms with van der Waals surface area (Å²) in [4.78, 5) is 5.22. The third kappa shape index (κ3) is 4.52. The Morgan fingerprint density at radius 2 is 1.63 bits per heavy atom. The molecule has 0 bridgehead atoms. The molecule has 0 N–H and O–H groups in total. The molecule has 35 heavy (non-hydrogen) atoms. The number of benzene rings is 2. The first-order chi connectivity index (χ1) is 17.1. The molecule has 0 atom stereocenters. The monoisotopic (exact) mass is 469 g/mol. The topological polar surface area (TPSA) is 50.8 Å². The molecule has 5 heteroatoms. The van der Waals surface area contributed by atoms with E-state index in [1.54, 1.807) is 12.1 Å². The van der Waals surface area contributed by atoms with Gasteiger partial charge in [0.15, 0.2) is 0 Å². The molecule has 3 aromatic rings. The van der Waals surface area contributed by atoms with Gasteiger partial charge in [-0.3, -0.25) is 0 Å². The molecular weight excluding hydrogens is 437 g/mol. The van der Waals surface area contributed by atoms with Crippen LogP contribution in [0.25, 0.3) is 11.4 Å². The highest BCUT2D eigenvalue weighted by Crippen LogP contribution is 2.50. The number of rotatable bonds is 8. The van der Waals surface area contributed by atoms with Gasteiger partial charge in [-0.1, -0.05) is 42.5 Å². The van der Waals surface area contributed by atoms with Crippen LogP contribution in [0, 0.1) is 29.0 Å². The van der Waals surface area contributed by atoms with Gasteiger partial charge in [-0.2, -0.15) is 5.26 Å². The van der Waals surface area contributed by atoms with Crippen molar-refractivity contribution in [2.45, 2.75) is 68.9 Å². The maximum Gasteiger partial charge on any atom is 0.140 e. The zero-order valence-electron chi connectivity index (χ0n) is 20.1. The largest absolute Gasteiger partial charge is 0.368 e. The molecule has 0 aliphatic heterocycles. The lowest BCUT2D eigenvalue weighted by Crippen LogP contribution is -2.41. The van der Waals surface area contributed by atoms with Gasteiger partial charge in [0.2, 0.25) is 0 Å². The van der Waals surface area contributed by atoms with Gasteiger partial charge in [0, 0.05) is 18.3 Å². The molecular formula is C30H32FN3O. The van der Waals surface area contributed by atoms with Crippen LogP contribution in [0.1, 0.15) is 62.6 Å². The summed E-state index contributed by atoms with van der Waals surface area (Å²) in [6, 6.07) is 19.5. The first-order valence-electron chi connectivity index (χ1n) is 13.0. The summed E-state index contributed by atoms with van der Waals surface area (Å²) in [5.74, 6) is 2.12. The van der Waals surface area contributed by atoms with Crippen LogP contribution in [0.3, 0.4) is 0 Å². The Morgan fingerprint density at radius 3 is 2.26 bits per heavy atom. The molecule has 1 aromatic heterocycles. The summed E-state index contributed by atoms with van der Waals surface area (Å²) in [5, 5.41) is 10.2. The summed E-state index contributed by atoms with van der Waals surface area (Å²) in [7, 11) is 0. The van der Waals surface area contributed by atoms with E-state index in [0.29, 0.717) is 18.8 Å². The molecule has 2 aromatic carbocycles. The summed E-state index contributed by atoms with van der Waals surface area (Å²) in [5.41, 5.74) is 1.94. The summed E-state index contributed by atoms with van der Waals surface area (Å²) >= 11 is 0. The van der Waals surface area contributed by atoms with E-state index < -0.39 is 11.0 Å². The Kier molecular flexibility index (Phi) is 5.73. The van der Waals surface area contributed by atoms with Crippen molar-refractivity contribution < 1.29 is 9.13 Å². The molecule has 3 aliphatic rings. The Morgan fingerprint density at radius 1 is 0.943 bits per heavy atom. The second-order valence-electron chi connectivity index (χ2n) is 10.9. The number of nitrogens with zero attached hydrogens (tertiary/aromatic N) is 3. The van der Waals surface area contributed by atoms with Gasteiger partial charge in [0.1, 0.15) is 17.2 Å². The van der Waals surface area contributed by atoms with Crippen molar-refractivity contribution in [3.05, 3.63) is 77.9 Å². The summed E-state index contributed by atoms with van der Waals surface area (Å²) in [6.45, 7) is 1.75. The van der Waals surface area contributed by atoms with E-state index in [0.717, 1.165) is 54.6 Å². The fourth-order valence-corrected chi connectivity index (χ4v) is 5.52. The highest BCUT2D eigenvalue weighted by Gasteiger charge is 2.48. The Hall–Kier alpha value is -2.97. The molecule has 3 saturated carbocycles. The molecule has 0 unspecified atom stereocenters. The van der Waals surface area contributed by atoms with Crippen LogP contribution in [0.5, 0.6) is 0 Å². The highest BCUT2D eigenvalue weighted by molar-refractivity contribution is 5.56. The molecule has 0 spiro atoms. The van der Waals surface area contributed by atoms with Gasteiger partial charge < -0.3 is 9.30 Å². The third-order valence-corrected chi connectivity index (χ3v) is 8.24. The molecule has 3 aliphatic carbocycles. The zero-order chi connectivity index (χ0) is 23.9. The van der Waals surface area contributed by atoms with Gasteiger partial charge in [-0.25, -0.2) is 9.37 Å². The van der Waals surface area contributed by atoms with E-state index in [1.807, 2.05) is 6.07 Å². The number of nitriles is 1. The lowest BCUT2D eigenvalue weighted by atomic mass is 9.65. The molecule has 4 nitrogen and oxygen atoms in total. The van der Waals surface area contributed by atoms with Crippen molar-refractivity contribution >= 4 is 0 Å². The van der Waals surface area contributed by atoms with E-state index in [9.17, 15) is 9.65 Å². The van der Waals surface area contributed by atoms with E-state index in [2.05, 4.69) is 41.1 Å². The molecule has 6 rings (SSSR count). The lowest BCUT2D eigenvalue weighted by molar-refractivity contribution is -0.0907. The van der Waals surface area contributed by atoms with Gasteiger partial charge >= 0.3 is 0 Å². The quantitative estimate of drug-likeness (QED) is 0.366. The van der Waals surface area contributed by atoms with Crippen LogP contribution in [-0.4, -0.2) is 16.2 Å². The molecule has 0 saturated heterocycles. The lowest BCUT2D eigenvalue weighted by Gasteiger charge is -2.43. The average Bonchev–Trinajstić information content (AvgIpc) is 3.83.